The average molecular weight is 246 g/mol. The molecule has 0 heterocycles. The van der Waals surface area contributed by atoms with Crippen molar-refractivity contribution in [2.75, 3.05) is 6.61 Å². The SMILES string of the molecule is CCOC1CC(NC2CC(N)c3ccccc32)C1. The molecule has 3 rings (SSSR count). The van der Waals surface area contributed by atoms with Crippen molar-refractivity contribution in [1.29, 1.82) is 0 Å². The van der Waals surface area contributed by atoms with Gasteiger partial charge in [-0.15, -0.1) is 0 Å². The summed E-state index contributed by atoms with van der Waals surface area (Å²) in [6, 6.07) is 9.78. The molecule has 1 saturated carbocycles. The topological polar surface area (TPSA) is 47.3 Å². The van der Waals surface area contributed by atoms with Gasteiger partial charge in [0.2, 0.25) is 0 Å². The van der Waals surface area contributed by atoms with E-state index in [0.29, 0.717) is 18.2 Å². The van der Waals surface area contributed by atoms with Gasteiger partial charge in [-0.25, -0.2) is 0 Å². The van der Waals surface area contributed by atoms with Crippen molar-refractivity contribution in [3.8, 4) is 0 Å². The molecular weight excluding hydrogens is 224 g/mol. The molecule has 0 radical (unpaired) electrons. The number of nitrogens with one attached hydrogen (secondary N) is 1. The molecule has 0 spiro atoms. The van der Waals surface area contributed by atoms with E-state index in [2.05, 4.69) is 36.5 Å². The fourth-order valence-electron chi connectivity index (χ4n) is 3.19. The maximum absolute atomic E-state index is 6.18. The minimum atomic E-state index is 0.196. The molecule has 2 aliphatic rings. The highest BCUT2D eigenvalue weighted by Gasteiger charge is 2.35. The summed E-state index contributed by atoms with van der Waals surface area (Å²) in [5.74, 6) is 0. The molecule has 0 aromatic heterocycles. The summed E-state index contributed by atoms with van der Waals surface area (Å²) in [5, 5.41) is 3.73. The monoisotopic (exact) mass is 246 g/mol. The van der Waals surface area contributed by atoms with Gasteiger partial charge in [-0.2, -0.15) is 0 Å². The van der Waals surface area contributed by atoms with E-state index in [1.54, 1.807) is 0 Å². The highest BCUT2D eigenvalue weighted by Crippen LogP contribution is 2.38. The summed E-state index contributed by atoms with van der Waals surface area (Å²) in [4.78, 5) is 0. The van der Waals surface area contributed by atoms with E-state index in [1.165, 1.54) is 11.1 Å². The van der Waals surface area contributed by atoms with E-state index in [1.807, 2.05) is 0 Å². The maximum atomic E-state index is 6.18. The van der Waals surface area contributed by atoms with Gasteiger partial charge in [0, 0.05) is 24.7 Å². The zero-order chi connectivity index (χ0) is 12.5. The van der Waals surface area contributed by atoms with Crippen LogP contribution in [0.3, 0.4) is 0 Å². The first-order chi connectivity index (χ1) is 8.78. The largest absolute Gasteiger partial charge is 0.378 e. The molecule has 3 heteroatoms. The summed E-state index contributed by atoms with van der Waals surface area (Å²) < 4.78 is 5.60. The number of rotatable bonds is 4. The number of benzene rings is 1. The van der Waals surface area contributed by atoms with Crippen molar-refractivity contribution < 1.29 is 4.74 Å². The van der Waals surface area contributed by atoms with Crippen LogP contribution in [0.25, 0.3) is 0 Å². The van der Waals surface area contributed by atoms with Crippen LogP contribution >= 0.6 is 0 Å². The summed E-state index contributed by atoms with van der Waals surface area (Å²) >= 11 is 0. The van der Waals surface area contributed by atoms with Crippen LogP contribution in [0, 0.1) is 0 Å². The van der Waals surface area contributed by atoms with Crippen LogP contribution < -0.4 is 11.1 Å². The van der Waals surface area contributed by atoms with E-state index in [4.69, 9.17) is 10.5 Å². The van der Waals surface area contributed by atoms with Crippen molar-refractivity contribution in [2.45, 2.75) is 50.4 Å². The number of hydrogen-bond acceptors (Lipinski definition) is 3. The molecule has 3 N–H and O–H groups in total. The Morgan fingerprint density at radius 2 is 1.94 bits per heavy atom. The second kappa shape index (κ2) is 5.00. The quantitative estimate of drug-likeness (QED) is 0.857. The van der Waals surface area contributed by atoms with Crippen molar-refractivity contribution >= 4 is 0 Å². The third kappa shape index (κ3) is 2.18. The summed E-state index contributed by atoms with van der Waals surface area (Å²) in [5.41, 5.74) is 8.89. The smallest absolute Gasteiger partial charge is 0.0604 e. The van der Waals surface area contributed by atoms with Crippen LogP contribution in [-0.2, 0) is 4.74 Å². The van der Waals surface area contributed by atoms with Gasteiger partial charge in [-0.05, 0) is 37.3 Å². The van der Waals surface area contributed by atoms with E-state index < -0.39 is 0 Å². The molecule has 98 valence electrons. The minimum absolute atomic E-state index is 0.196. The molecule has 2 atom stereocenters. The second-order valence-electron chi connectivity index (χ2n) is 5.44. The van der Waals surface area contributed by atoms with Crippen LogP contribution in [-0.4, -0.2) is 18.8 Å². The molecule has 1 aromatic carbocycles. The van der Waals surface area contributed by atoms with Crippen LogP contribution in [0.4, 0.5) is 0 Å². The van der Waals surface area contributed by atoms with Crippen LogP contribution in [0.1, 0.15) is 49.4 Å². The van der Waals surface area contributed by atoms with Gasteiger partial charge in [0.1, 0.15) is 0 Å². The third-order valence-electron chi connectivity index (χ3n) is 4.19. The zero-order valence-electron chi connectivity index (χ0n) is 10.9. The molecule has 18 heavy (non-hydrogen) atoms. The van der Waals surface area contributed by atoms with Gasteiger partial charge in [-0.3, -0.25) is 0 Å². The Hall–Kier alpha value is -0.900. The molecule has 0 bridgehead atoms. The lowest BCUT2D eigenvalue weighted by Gasteiger charge is -2.37. The highest BCUT2D eigenvalue weighted by atomic mass is 16.5. The fraction of sp³-hybridized carbons (Fsp3) is 0.600. The third-order valence-corrected chi connectivity index (χ3v) is 4.19. The lowest BCUT2D eigenvalue weighted by Crippen LogP contribution is -2.46. The molecule has 0 saturated heterocycles. The predicted molar refractivity (Wildman–Crippen MR) is 72.3 cm³/mol. The highest BCUT2D eigenvalue weighted by molar-refractivity contribution is 5.37. The van der Waals surface area contributed by atoms with Gasteiger partial charge in [-0.1, -0.05) is 24.3 Å². The van der Waals surface area contributed by atoms with Gasteiger partial charge in [0.15, 0.2) is 0 Å². The average Bonchev–Trinajstić information content (AvgIpc) is 2.65. The number of fused-ring (bicyclic) bond motifs is 1. The van der Waals surface area contributed by atoms with Crippen molar-refractivity contribution in [3.05, 3.63) is 35.4 Å². The predicted octanol–water partition coefficient (Wildman–Crippen LogP) is 2.29. The summed E-state index contributed by atoms with van der Waals surface area (Å²) in [6.07, 6.45) is 3.77. The number of hydrogen-bond donors (Lipinski definition) is 2. The Morgan fingerprint density at radius 3 is 2.67 bits per heavy atom. The van der Waals surface area contributed by atoms with Gasteiger partial charge < -0.3 is 15.8 Å². The molecule has 0 amide bonds. The summed E-state index contributed by atoms with van der Waals surface area (Å²) in [7, 11) is 0. The first-order valence-electron chi connectivity index (χ1n) is 7.00. The molecular formula is C15H22N2O. The number of nitrogens with two attached hydrogens (primary N) is 1. The lowest BCUT2D eigenvalue weighted by molar-refractivity contribution is -0.0125. The molecule has 0 aliphatic heterocycles. The van der Waals surface area contributed by atoms with E-state index >= 15 is 0 Å². The van der Waals surface area contributed by atoms with Crippen molar-refractivity contribution in [3.63, 3.8) is 0 Å². The van der Waals surface area contributed by atoms with Crippen LogP contribution in [0.5, 0.6) is 0 Å². The van der Waals surface area contributed by atoms with Crippen LogP contribution in [0.15, 0.2) is 24.3 Å². The second-order valence-corrected chi connectivity index (χ2v) is 5.44. The Bertz CT molecular complexity index is 415. The minimum Gasteiger partial charge on any atom is -0.378 e. The fourth-order valence-corrected chi connectivity index (χ4v) is 3.19. The molecule has 2 aliphatic carbocycles. The van der Waals surface area contributed by atoms with Crippen molar-refractivity contribution in [1.82, 2.24) is 5.32 Å². The van der Waals surface area contributed by atoms with E-state index in [-0.39, 0.29) is 6.04 Å². The molecule has 2 unspecified atom stereocenters. The Morgan fingerprint density at radius 1 is 1.22 bits per heavy atom. The van der Waals surface area contributed by atoms with E-state index in [9.17, 15) is 0 Å². The van der Waals surface area contributed by atoms with Crippen LogP contribution in [0.2, 0.25) is 0 Å². The van der Waals surface area contributed by atoms with Crippen molar-refractivity contribution in [2.24, 2.45) is 5.73 Å². The van der Waals surface area contributed by atoms with Gasteiger partial charge in [0.25, 0.3) is 0 Å². The molecule has 1 aromatic rings. The van der Waals surface area contributed by atoms with E-state index in [0.717, 1.165) is 25.9 Å². The standard InChI is InChI=1S/C15H22N2O/c1-2-18-11-7-10(8-11)17-15-9-14(16)12-5-3-4-6-13(12)15/h3-6,10-11,14-15,17H,2,7-9,16H2,1H3. The zero-order valence-corrected chi connectivity index (χ0v) is 10.9. The Balaban J connectivity index is 1.59. The first-order valence-corrected chi connectivity index (χ1v) is 7.00. The molecule has 1 fully saturated rings. The van der Waals surface area contributed by atoms with Gasteiger partial charge in [0.05, 0.1) is 6.10 Å². The normalized spacial score (nSPS) is 34.1. The van der Waals surface area contributed by atoms with Gasteiger partial charge >= 0.3 is 0 Å². The summed E-state index contributed by atoms with van der Waals surface area (Å²) in [6.45, 7) is 2.89. The molecule has 3 nitrogen and oxygen atoms in total. The number of ether oxygens (including phenoxy) is 1. The Labute approximate surface area is 109 Å². The first kappa shape index (κ1) is 12.2. The Kier molecular flexibility index (Phi) is 3.37. The maximum Gasteiger partial charge on any atom is 0.0604 e. The lowest BCUT2D eigenvalue weighted by atomic mass is 9.88.